The third kappa shape index (κ3) is 2.82. The topological polar surface area (TPSA) is 88.6 Å². The molecule has 1 N–H and O–H groups in total. The molecule has 20 heavy (non-hydrogen) atoms. The van der Waals surface area contributed by atoms with Gasteiger partial charge in [-0.25, -0.2) is 0 Å². The molecule has 0 bridgehead atoms. The summed E-state index contributed by atoms with van der Waals surface area (Å²) < 4.78 is 1.61. The Balaban J connectivity index is 2.30. The van der Waals surface area contributed by atoms with Crippen LogP contribution in [0.25, 0.3) is 0 Å². The molecule has 0 spiro atoms. The Bertz CT molecular complexity index is 524. The molecule has 0 saturated carbocycles. The molecular formula is C13H19N3O4. The van der Waals surface area contributed by atoms with Gasteiger partial charge in [-0.05, 0) is 26.7 Å². The fourth-order valence-electron chi connectivity index (χ4n) is 2.46. The number of carbonyl (C=O) groups excluding carboxylic acids is 1. The van der Waals surface area contributed by atoms with E-state index in [0.29, 0.717) is 18.7 Å². The van der Waals surface area contributed by atoms with E-state index in [1.54, 1.807) is 9.47 Å². The Morgan fingerprint density at radius 1 is 1.55 bits per heavy atom. The number of nitro groups is 1. The maximum atomic E-state index is 12.5. The molecule has 2 heterocycles. The summed E-state index contributed by atoms with van der Waals surface area (Å²) in [6.45, 7) is 4.60. The van der Waals surface area contributed by atoms with E-state index in [1.807, 2.05) is 13.8 Å². The van der Waals surface area contributed by atoms with Crippen molar-refractivity contribution in [2.24, 2.45) is 0 Å². The molecule has 1 amide bonds. The molecule has 0 aromatic carbocycles. The Hall–Kier alpha value is -1.89. The maximum absolute atomic E-state index is 12.5. The quantitative estimate of drug-likeness (QED) is 0.673. The normalized spacial score (nSPS) is 19.4. The molecule has 110 valence electrons. The molecule has 1 aromatic rings. The van der Waals surface area contributed by atoms with E-state index in [4.69, 9.17) is 0 Å². The fraction of sp³-hybridized carbons (Fsp3) is 0.615. The van der Waals surface area contributed by atoms with Crippen LogP contribution >= 0.6 is 0 Å². The third-order valence-corrected chi connectivity index (χ3v) is 3.50. The summed E-state index contributed by atoms with van der Waals surface area (Å²) in [5.41, 5.74) is 0.223. The van der Waals surface area contributed by atoms with Gasteiger partial charge in [-0.2, -0.15) is 0 Å². The van der Waals surface area contributed by atoms with Gasteiger partial charge in [0.15, 0.2) is 0 Å². The van der Waals surface area contributed by atoms with Crippen LogP contribution in [0.5, 0.6) is 0 Å². The molecule has 0 aliphatic carbocycles. The lowest BCUT2D eigenvalue weighted by Crippen LogP contribution is -2.42. The molecule has 1 saturated heterocycles. The number of hydrogen-bond acceptors (Lipinski definition) is 4. The van der Waals surface area contributed by atoms with Crippen molar-refractivity contribution in [1.82, 2.24) is 9.47 Å². The minimum atomic E-state index is -0.509. The Morgan fingerprint density at radius 2 is 2.25 bits per heavy atom. The van der Waals surface area contributed by atoms with Gasteiger partial charge in [0.25, 0.3) is 11.6 Å². The Labute approximate surface area is 116 Å². The van der Waals surface area contributed by atoms with Crippen LogP contribution in [0.4, 0.5) is 5.69 Å². The van der Waals surface area contributed by atoms with Crippen molar-refractivity contribution in [2.75, 3.05) is 13.1 Å². The number of carbonyl (C=O) groups is 1. The number of likely N-dealkylation sites (tertiary alicyclic amines) is 1. The van der Waals surface area contributed by atoms with E-state index in [0.717, 1.165) is 6.42 Å². The second-order valence-corrected chi connectivity index (χ2v) is 5.39. The first-order valence-electron chi connectivity index (χ1n) is 6.73. The first-order chi connectivity index (χ1) is 9.40. The molecule has 1 aromatic heterocycles. The average Bonchev–Trinajstić information content (AvgIpc) is 2.83. The SMILES string of the molecule is CC(C)n1cc([N+](=O)[O-])cc1C(=O)N1CCCC(O)C1. The van der Waals surface area contributed by atoms with Crippen molar-refractivity contribution < 1.29 is 14.8 Å². The van der Waals surface area contributed by atoms with E-state index in [-0.39, 0.29) is 24.2 Å². The minimum absolute atomic E-state index is 0.0441. The number of nitrogens with zero attached hydrogens (tertiary/aromatic N) is 3. The van der Waals surface area contributed by atoms with Crippen LogP contribution in [-0.4, -0.2) is 44.6 Å². The highest BCUT2D eigenvalue weighted by Gasteiger charge is 2.28. The fourth-order valence-corrected chi connectivity index (χ4v) is 2.46. The highest BCUT2D eigenvalue weighted by Crippen LogP contribution is 2.23. The number of piperidine rings is 1. The number of rotatable bonds is 3. The van der Waals surface area contributed by atoms with Crippen molar-refractivity contribution in [3.05, 3.63) is 28.1 Å². The van der Waals surface area contributed by atoms with Crippen LogP contribution in [-0.2, 0) is 0 Å². The van der Waals surface area contributed by atoms with E-state index in [9.17, 15) is 20.0 Å². The molecule has 1 atom stereocenters. The average molecular weight is 281 g/mol. The van der Waals surface area contributed by atoms with Crippen LogP contribution in [0.2, 0.25) is 0 Å². The summed E-state index contributed by atoms with van der Waals surface area (Å²) in [7, 11) is 0. The summed E-state index contributed by atoms with van der Waals surface area (Å²) in [5.74, 6) is -0.259. The number of aliphatic hydroxyl groups is 1. The van der Waals surface area contributed by atoms with Crippen molar-refractivity contribution in [3.8, 4) is 0 Å². The van der Waals surface area contributed by atoms with Crippen LogP contribution in [0.1, 0.15) is 43.2 Å². The molecule has 0 radical (unpaired) electrons. The van der Waals surface area contributed by atoms with Gasteiger partial charge in [0.05, 0.1) is 17.2 Å². The smallest absolute Gasteiger partial charge is 0.287 e. The summed E-state index contributed by atoms with van der Waals surface area (Å²) in [6.07, 6.45) is 2.32. The molecule has 1 fully saturated rings. The molecule has 1 aliphatic heterocycles. The van der Waals surface area contributed by atoms with Crippen LogP contribution < -0.4 is 0 Å². The molecular weight excluding hydrogens is 262 g/mol. The maximum Gasteiger partial charge on any atom is 0.287 e. The monoisotopic (exact) mass is 281 g/mol. The van der Waals surface area contributed by atoms with Gasteiger partial charge in [0.1, 0.15) is 5.69 Å². The lowest BCUT2D eigenvalue weighted by Gasteiger charge is -2.30. The molecule has 7 heteroatoms. The van der Waals surface area contributed by atoms with Gasteiger partial charge in [-0.1, -0.05) is 0 Å². The first-order valence-corrected chi connectivity index (χ1v) is 6.73. The lowest BCUT2D eigenvalue weighted by atomic mass is 10.1. The van der Waals surface area contributed by atoms with E-state index in [2.05, 4.69) is 0 Å². The zero-order valence-electron chi connectivity index (χ0n) is 11.7. The van der Waals surface area contributed by atoms with Crippen molar-refractivity contribution in [3.63, 3.8) is 0 Å². The van der Waals surface area contributed by atoms with E-state index in [1.165, 1.54) is 12.3 Å². The molecule has 1 aliphatic rings. The van der Waals surface area contributed by atoms with Gasteiger partial charge >= 0.3 is 0 Å². The van der Waals surface area contributed by atoms with Gasteiger partial charge in [0, 0.05) is 25.2 Å². The standard InChI is InChI=1S/C13H19N3O4/c1-9(2)15-7-10(16(19)20)6-12(15)13(18)14-5-3-4-11(17)8-14/h6-7,9,11,17H,3-5,8H2,1-2H3. The van der Waals surface area contributed by atoms with Gasteiger partial charge in [-0.15, -0.1) is 0 Å². The Kier molecular flexibility index (Phi) is 4.08. The zero-order valence-corrected chi connectivity index (χ0v) is 11.7. The number of β-amino-alcohol motifs (C(OH)–C–C–N with tert-alkyl or cyclic N) is 1. The van der Waals surface area contributed by atoms with Gasteiger partial charge in [0.2, 0.25) is 0 Å². The third-order valence-electron chi connectivity index (χ3n) is 3.50. The second-order valence-electron chi connectivity index (χ2n) is 5.39. The number of aromatic nitrogens is 1. The van der Waals surface area contributed by atoms with E-state index >= 15 is 0 Å². The second kappa shape index (κ2) is 5.62. The van der Waals surface area contributed by atoms with Crippen LogP contribution in [0.15, 0.2) is 12.3 Å². The Morgan fingerprint density at radius 3 is 2.80 bits per heavy atom. The highest BCUT2D eigenvalue weighted by molar-refractivity contribution is 5.93. The van der Waals surface area contributed by atoms with E-state index < -0.39 is 11.0 Å². The van der Waals surface area contributed by atoms with Crippen LogP contribution in [0, 0.1) is 10.1 Å². The summed E-state index contributed by atoms with van der Waals surface area (Å²) in [4.78, 5) is 24.4. The lowest BCUT2D eigenvalue weighted by molar-refractivity contribution is -0.384. The number of aliphatic hydroxyl groups excluding tert-OH is 1. The minimum Gasteiger partial charge on any atom is -0.391 e. The molecule has 1 unspecified atom stereocenters. The van der Waals surface area contributed by atoms with Crippen molar-refractivity contribution >= 4 is 11.6 Å². The first kappa shape index (κ1) is 14.5. The van der Waals surface area contributed by atoms with Crippen molar-refractivity contribution in [2.45, 2.75) is 38.8 Å². The molecule has 7 nitrogen and oxygen atoms in total. The van der Waals surface area contributed by atoms with Crippen molar-refractivity contribution in [1.29, 1.82) is 0 Å². The number of amides is 1. The molecule has 2 rings (SSSR count). The van der Waals surface area contributed by atoms with Gasteiger partial charge < -0.3 is 14.6 Å². The van der Waals surface area contributed by atoms with Gasteiger partial charge in [-0.3, -0.25) is 14.9 Å². The largest absolute Gasteiger partial charge is 0.391 e. The summed E-state index contributed by atoms with van der Waals surface area (Å²) in [5, 5.41) is 20.5. The predicted molar refractivity (Wildman–Crippen MR) is 72.6 cm³/mol. The highest BCUT2D eigenvalue weighted by atomic mass is 16.6. The van der Waals surface area contributed by atoms with Crippen LogP contribution in [0.3, 0.4) is 0 Å². The number of hydrogen-bond donors (Lipinski definition) is 1. The predicted octanol–water partition coefficient (Wildman–Crippen LogP) is 1.57. The zero-order chi connectivity index (χ0) is 14.9. The summed E-state index contributed by atoms with van der Waals surface area (Å²) >= 11 is 0. The summed E-state index contributed by atoms with van der Waals surface area (Å²) in [6, 6.07) is 1.26.